The lowest BCUT2D eigenvalue weighted by Gasteiger charge is -2.16. The minimum absolute atomic E-state index is 0.244. The molecule has 1 atom stereocenters. The van der Waals surface area contributed by atoms with Crippen molar-refractivity contribution < 1.29 is 13.2 Å². The molecule has 1 unspecified atom stereocenters. The van der Waals surface area contributed by atoms with Crippen LogP contribution in [0, 0.1) is 24.4 Å². The fraction of sp³-hybridized carbons (Fsp3) is 0.143. The number of nitrogens with two attached hydrogens (primary N) is 1. The van der Waals surface area contributed by atoms with Crippen LogP contribution in [0.5, 0.6) is 0 Å². The van der Waals surface area contributed by atoms with Crippen molar-refractivity contribution in [1.29, 1.82) is 0 Å². The standard InChI is InChI=1S/C14H12F3N/c1-8-5-6-9(15)7-10(8)14(18)13-11(16)3-2-4-12(13)17/h2-7,14H,18H2,1H3. The maximum atomic E-state index is 13.6. The van der Waals surface area contributed by atoms with Crippen LogP contribution >= 0.6 is 0 Å². The molecule has 0 fully saturated rings. The predicted octanol–water partition coefficient (Wildman–Crippen LogP) is 3.46. The predicted molar refractivity (Wildman–Crippen MR) is 63.5 cm³/mol. The summed E-state index contributed by atoms with van der Waals surface area (Å²) in [7, 11) is 0. The Bertz CT molecular complexity index is 561. The molecule has 4 heteroatoms. The smallest absolute Gasteiger partial charge is 0.131 e. The minimum Gasteiger partial charge on any atom is -0.320 e. The molecule has 0 bridgehead atoms. The second-order valence-electron chi connectivity index (χ2n) is 4.11. The number of hydrogen-bond donors (Lipinski definition) is 1. The molecule has 2 aromatic carbocycles. The Morgan fingerprint density at radius 1 is 1.00 bits per heavy atom. The largest absolute Gasteiger partial charge is 0.320 e. The first-order valence-corrected chi connectivity index (χ1v) is 5.46. The second-order valence-corrected chi connectivity index (χ2v) is 4.11. The first kappa shape index (κ1) is 12.6. The lowest BCUT2D eigenvalue weighted by molar-refractivity contribution is 0.541. The van der Waals surface area contributed by atoms with Gasteiger partial charge < -0.3 is 5.73 Å². The summed E-state index contributed by atoms with van der Waals surface area (Å²) >= 11 is 0. The van der Waals surface area contributed by atoms with E-state index in [0.29, 0.717) is 11.1 Å². The molecule has 0 saturated heterocycles. The fourth-order valence-electron chi connectivity index (χ4n) is 1.91. The van der Waals surface area contributed by atoms with E-state index >= 15 is 0 Å². The van der Waals surface area contributed by atoms with Gasteiger partial charge in [0.1, 0.15) is 17.5 Å². The highest BCUT2D eigenvalue weighted by Crippen LogP contribution is 2.27. The van der Waals surface area contributed by atoms with Gasteiger partial charge in [0.2, 0.25) is 0 Å². The summed E-state index contributed by atoms with van der Waals surface area (Å²) in [4.78, 5) is 0. The third-order valence-corrected chi connectivity index (χ3v) is 2.89. The lowest BCUT2D eigenvalue weighted by Crippen LogP contribution is -2.17. The van der Waals surface area contributed by atoms with Crippen molar-refractivity contribution in [2.24, 2.45) is 5.73 Å². The summed E-state index contributed by atoms with van der Waals surface area (Å²) in [5.74, 6) is -1.94. The Hall–Kier alpha value is -1.81. The normalized spacial score (nSPS) is 12.5. The van der Waals surface area contributed by atoms with Crippen LogP contribution in [-0.4, -0.2) is 0 Å². The topological polar surface area (TPSA) is 26.0 Å². The molecule has 0 saturated carbocycles. The highest BCUT2D eigenvalue weighted by Gasteiger charge is 2.19. The number of benzene rings is 2. The van der Waals surface area contributed by atoms with E-state index in [9.17, 15) is 13.2 Å². The van der Waals surface area contributed by atoms with Crippen molar-refractivity contribution in [1.82, 2.24) is 0 Å². The first-order valence-electron chi connectivity index (χ1n) is 5.46. The quantitative estimate of drug-likeness (QED) is 0.869. The van der Waals surface area contributed by atoms with E-state index in [4.69, 9.17) is 5.73 Å². The molecule has 0 amide bonds. The van der Waals surface area contributed by atoms with Gasteiger partial charge >= 0.3 is 0 Å². The monoisotopic (exact) mass is 251 g/mol. The summed E-state index contributed by atoms with van der Waals surface area (Å²) < 4.78 is 40.4. The van der Waals surface area contributed by atoms with Gasteiger partial charge in [-0.25, -0.2) is 13.2 Å². The number of halogens is 3. The van der Waals surface area contributed by atoms with Crippen LogP contribution in [-0.2, 0) is 0 Å². The van der Waals surface area contributed by atoms with Gasteiger partial charge in [0.25, 0.3) is 0 Å². The molecule has 2 rings (SSSR count). The van der Waals surface area contributed by atoms with Crippen LogP contribution in [0.1, 0.15) is 22.7 Å². The van der Waals surface area contributed by atoms with Gasteiger partial charge in [-0.15, -0.1) is 0 Å². The summed E-state index contributed by atoms with van der Waals surface area (Å²) in [5, 5.41) is 0. The number of hydrogen-bond acceptors (Lipinski definition) is 1. The number of aryl methyl sites for hydroxylation is 1. The van der Waals surface area contributed by atoms with Crippen LogP contribution in [0.15, 0.2) is 36.4 Å². The average Bonchev–Trinajstić information content (AvgIpc) is 2.32. The van der Waals surface area contributed by atoms with Crippen LogP contribution in [0.4, 0.5) is 13.2 Å². The maximum absolute atomic E-state index is 13.6. The molecule has 0 aliphatic rings. The molecule has 0 aliphatic carbocycles. The van der Waals surface area contributed by atoms with Gasteiger partial charge in [-0.2, -0.15) is 0 Å². The minimum atomic E-state index is -1.03. The van der Waals surface area contributed by atoms with Gasteiger partial charge in [-0.1, -0.05) is 12.1 Å². The van der Waals surface area contributed by atoms with Gasteiger partial charge in [0.05, 0.1) is 6.04 Å². The Balaban J connectivity index is 2.54. The molecule has 2 aromatic rings. The zero-order valence-electron chi connectivity index (χ0n) is 9.75. The SMILES string of the molecule is Cc1ccc(F)cc1C(N)c1c(F)cccc1F. The van der Waals surface area contributed by atoms with E-state index in [1.54, 1.807) is 6.92 Å². The molecule has 0 spiro atoms. The number of rotatable bonds is 2. The van der Waals surface area contributed by atoms with E-state index in [1.807, 2.05) is 0 Å². The molecular formula is C14H12F3N. The van der Waals surface area contributed by atoms with Crippen LogP contribution in [0.3, 0.4) is 0 Å². The van der Waals surface area contributed by atoms with E-state index in [1.165, 1.54) is 24.3 Å². The van der Waals surface area contributed by atoms with Crippen molar-refractivity contribution in [2.75, 3.05) is 0 Å². The highest BCUT2D eigenvalue weighted by molar-refractivity contribution is 5.37. The van der Waals surface area contributed by atoms with Crippen molar-refractivity contribution in [3.63, 3.8) is 0 Å². The van der Waals surface area contributed by atoms with Crippen LogP contribution < -0.4 is 5.73 Å². The van der Waals surface area contributed by atoms with Crippen molar-refractivity contribution >= 4 is 0 Å². The van der Waals surface area contributed by atoms with Crippen LogP contribution in [0.25, 0.3) is 0 Å². The third-order valence-electron chi connectivity index (χ3n) is 2.89. The highest BCUT2D eigenvalue weighted by atomic mass is 19.1. The van der Waals surface area contributed by atoms with Crippen molar-refractivity contribution in [3.8, 4) is 0 Å². The van der Waals surface area contributed by atoms with E-state index in [0.717, 1.165) is 12.1 Å². The maximum Gasteiger partial charge on any atom is 0.131 e. The van der Waals surface area contributed by atoms with Crippen LogP contribution in [0.2, 0.25) is 0 Å². The zero-order chi connectivity index (χ0) is 13.3. The molecule has 1 nitrogen and oxygen atoms in total. The van der Waals surface area contributed by atoms with Gasteiger partial charge in [0.15, 0.2) is 0 Å². The molecule has 0 heterocycles. The summed E-state index contributed by atoms with van der Waals surface area (Å²) in [6, 6.07) is 6.51. The zero-order valence-corrected chi connectivity index (χ0v) is 9.75. The van der Waals surface area contributed by atoms with Gasteiger partial charge in [0, 0.05) is 5.56 Å². The molecule has 2 N–H and O–H groups in total. The molecule has 0 aromatic heterocycles. The van der Waals surface area contributed by atoms with E-state index in [2.05, 4.69) is 0 Å². The van der Waals surface area contributed by atoms with Crippen molar-refractivity contribution in [3.05, 3.63) is 70.5 Å². The average molecular weight is 251 g/mol. The molecule has 0 aliphatic heterocycles. The van der Waals surface area contributed by atoms with E-state index < -0.39 is 23.5 Å². The molecule has 0 radical (unpaired) electrons. The molecule has 94 valence electrons. The van der Waals surface area contributed by atoms with Crippen molar-refractivity contribution in [2.45, 2.75) is 13.0 Å². The van der Waals surface area contributed by atoms with Gasteiger partial charge in [-0.3, -0.25) is 0 Å². The Labute approximate surface area is 103 Å². The summed E-state index contributed by atoms with van der Waals surface area (Å²) in [5.41, 5.74) is 6.66. The fourth-order valence-corrected chi connectivity index (χ4v) is 1.91. The second kappa shape index (κ2) is 4.82. The van der Waals surface area contributed by atoms with Gasteiger partial charge in [-0.05, 0) is 42.3 Å². The molecular weight excluding hydrogens is 239 g/mol. The van der Waals surface area contributed by atoms with E-state index in [-0.39, 0.29) is 5.56 Å². The third kappa shape index (κ3) is 2.24. The molecule has 18 heavy (non-hydrogen) atoms. The Morgan fingerprint density at radius 2 is 1.61 bits per heavy atom. The first-order chi connectivity index (χ1) is 8.50. The summed E-state index contributed by atoms with van der Waals surface area (Å²) in [6.45, 7) is 1.72. The Morgan fingerprint density at radius 3 is 2.22 bits per heavy atom. The lowest BCUT2D eigenvalue weighted by atomic mass is 9.95. The Kier molecular flexibility index (Phi) is 3.39. The summed E-state index contributed by atoms with van der Waals surface area (Å²) in [6.07, 6.45) is 0.